The summed E-state index contributed by atoms with van der Waals surface area (Å²) in [5.41, 5.74) is 1.87. The van der Waals surface area contributed by atoms with Crippen molar-refractivity contribution in [2.24, 2.45) is 0 Å². The van der Waals surface area contributed by atoms with Crippen LogP contribution in [0.25, 0.3) is 15.9 Å². The molecule has 8 nitrogen and oxygen atoms in total. The zero-order valence-corrected chi connectivity index (χ0v) is 18.9. The molecular weight excluding hydrogens is 444 g/mol. The Kier molecular flexibility index (Phi) is 6.44. The van der Waals surface area contributed by atoms with Crippen LogP contribution in [0.3, 0.4) is 0 Å². The van der Waals surface area contributed by atoms with Crippen LogP contribution in [-0.4, -0.2) is 62.6 Å². The van der Waals surface area contributed by atoms with Crippen molar-refractivity contribution in [3.05, 3.63) is 60.4 Å². The molecule has 1 aliphatic rings. The molecule has 2 aromatic heterocycles. The molecular formula is C22H22N6O2S2. The molecule has 0 radical (unpaired) electrons. The Balaban J connectivity index is 1.30. The first-order valence-corrected chi connectivity index (χ1v) is 12.1. The average Bonchev–Trinajstić information content (AvgIpc) is 3.42. The van der Waals surface area contributed by atoms with E-state index < -0.39 is 0 Å². The van der Waals surface area contributed by atoms with E-state index in [-0.39, 0.29) is 11.7 Å². The highest BCUT2D eigenvalue weighted by Crippen LogP contribution is 2.27. The van der Waals surface area contributed by atoms with Gasteiger partial charge >= 0.3 is 0 Å². The highest BCUT2D eigenvalue weighted by atomic mass is 32.2. The smallest absolute Gasteiger partial charge is 0.236 e. The Labute approximate surface area is 193 Å². The molecule has 1 N–H and O–H groups in total. The fourth-order valence-electron chi connectivity index (χ4n) is 3.50. The van der Waals surface area contributed by atoms with Crippen molar-refractivity contribution in [2.45, 2.75) is 11.7 Å². The van der Waals surface area contributed by atoms with Crippen LogP contribution < -0.4 is 5.32 Å². The number of aromatic nitrogens is 4. The Bertz CT molecular complexity index is 1170. The van der Waals surface area contributed by atoms with Crippen molar-refractivity contribution in [3.63, 3.8) is 0 Å². The van der Waals surface area contributed by atoms with Gasteiger partial charge in [-0.25, -0.2) is 4.98 Å². The zero-order chi connectivity index (χ0) is 21.8. The van der Waals surface area contributed by atoms with E-state index in [0.29, 0.717) is 16.8 Å². The first-order chi connectivity index (χ1) is 15.8. The third-order valence-electron chi connectivity index (χ3n) is 5.06. The predicted molar refractivity (Wildman–Crippen MR) is 126 cm³/mol. The highest BCUT2D eigenvalue weighted by molar-refractivity contribution is 7.99. The van der Waals surface area contributed by atoms with E-state index in [9.17, 15) is 4.79 Å². The lowest BCUT2D eigenvalue weighted by atomic mass is 10.3. The number of nitrogens with one attached hydrogen (secondary N) is 1. The summed E-state index contributed by atoms with van der Waals surface area (Å²) in [4.78, 5) is 19.4. The molecule has 0 saturated carbocycles. The van der Waals surface area contributed by atoms with Gasteiger partial charge in [-0.1, -0.05) is 53.4 Å². The maximum absolute atomic E-state index is 12.6. The molecule has 2 aromatic carbocycles. The number of amides is 1. The number of carbonyl (C=O) groups excluding carboxylic acids is 1. The second kappa shape index (κ2) is 9.78. The number of nitrogens with zero attached hydrogens (tertiary/aromatic N) is 5. The number of thioether (sulfide) groups is 1. The van der Waals surface area contributed by atoms with Crippen LogP contribution in [0, 0.1) is 0 Å². The molecule has 0 spiro atoms. The molecule has 0 bridgehead atoms. The van der Waals surface area contributed by atoms with Gasteiger partial charge in [0.05, 0.1) is 35.7 Å². The lowest BCUT2D eigenvalue weighted by molar-refractivity contribution is -0.113. The van der Waals surface area contributed by atoms with Gasteiger partial charge in [-0.2, -0.15) is 0 Å². The molecule has 0 atom stereocenters. The molecule has 4 aromatic rings. The molecule has 164 valence electrons. The predicted octanol–water partition coefficient (Wildman–Crippen LogP) is 3.44. The molecule has 1 amide bonds. The maximum Gasteiger partial charge on any atom is 0.236 e. The number of anilines is 1. The van der Waals surface area contributed by atoms with E-state index in [1.807, 2.05) is 59.2 Å². The van der Waals surface area contributed by atoms with Gasteiger partial charge in [0.2, 0.25) is 5.91 Å². The number of benzene rings is 2. The molecule has 32 heavy (non-hydrogen) atoms. The number of thiazole rings is 1. The van der Waals surface area contributed by atoms with Crippen LogP contribution in [0.4, 0.5) is 5.13 Å². The van der Waals surface area contributed by atoms with Gasteiger partial charge in [0.25, 0.3) is 0 Å². The second-order valence-electron chi connectivity index (χ2n) is 7.28. The summed E-state index contributed by atoms with van der Waals surface area (Å²) in [6, 6.07) is 17.8. The van der Waals surface area contributed by atoms with Crippen molar-refractivity contribution in [1.29, 1.82) is 0 Å². The van der Waals surface area contributed by atoms with Crippen LogP contribution in [0.2, 0.25) is 0 Å². The zero-order valence-electron chi connectivity index (χ0n) is 17.3. The van der Waals surface area contributed by atoms with Crippen molar-refractivity contribution >= 4 is 44.4 Å². The van der Waals surface area contributed by atoms with Gasteiger partial charge in [0.15, 0.2) is 16.1 Å². The number of fused-ring (bicyclic) bond motifs is 1. The normalized spacial score (nSPS) is 14.6. The van der Waals surface area contributed by atoms with Crippen LogP contribution in [0.15, 0.2) is 59.8 Å². The second-order valence-corrected chi connectivity index (χ2v) is 9.26. The molecule has 1 aliphatic heterocycles. The minimum absolute atomic E-state index is 0.119. The summed E-state index contributed by atoms with van der Waals surface area (Å²) in [6.45, 7) is 3.88. The fraction of sp³-hybridized carbons (Fsp3) is 0.273. The summed E-state index contributed by atoms with van der Waals surface area (Å²) in [6.07, 6.45) is 0. The van der Waals surface area contributed by atoms with Crippen LogP contribution in [0.1, 0.15) is 5.82 Å². The summed E-state index contributed by atoms with van der Waals surface area (Å²) in [5, 5.41) is 13.0. The van der Waals surface area contributed by atoms with Crippen LogP contribution in [0.5, 0.6) is 0 Å². The highest BCUT2D eigenvalue weighted by Gasteiger charge is 2.20. The summed E-state index contributed by atoms with van der Waals surface area (Å²) in [7, 11) is 0. The molecule has 0 unspecified atom stereocenters. The first kappa shape index (κ1) is 21.1. The largest absolute Gasteiger partial charge is 0.379 e. The van der Waals surface area contributed by atoms with Gasteiger partial charge < -0.3 is 10.1 Å². The van der Waals surface area contributed by atoms with Crippen LogP contribution >= 0.6 is 23.1 Å². The van der Waals surface area contributed by atoms with E-state index in [4.69, 9.17) is 4.74 Å². The van der Waals surface area contributed by atoms with Gasteiger partial charge in [-0.15, -0.1) is 10.2 Å². The van der Waals surface area contributed by atoms with Crippen molar-refractivity contribution in [3.8, 4) is 5.69 Å². The number of ether oxygens (including phenoxy) is 1. The SMILES string of the molecule is O=C(CSc1nnc(CN2CCOCC2)n1-c1ccccc1)Nc1nc2ccccc2s1. The molecule has 10 heteroatoms. The van der Waals surface area contributed by atoms with E-state index in [0.717, 1.165) is 48.0 Å². The maximum atomic E-state index is 12.6. The van der Waals surface area contributed by atoms with E-state index >= 15 is 0 Å². The van der Waals surface area contributed by atoms with E-state index in [1.54, 1.807) is 0 Å². The number of carbonyl (C=O) groups is 1. The topological polar surface area (TPSA) is 85.2 Å². The van der Waals surface area contributed by atoms with E-state index in [2.05, 4.69) is 25.4 Å². The van der Waals surface area contributed by atoms with Gasteiger partial charge in [0.1, 0.15) is 0 Å². The third kappa shape index (κ3) is 4.83. The summed E-state index contributed by atoms with van der Waals surface area (Å²) in [5.74, 6) is 0.955. The molecule has 3 heterocycles. The monoisotopic (exact) mass is 466 g/mol. The lowest BCUT2D eigenvalue weighted by Gasteiger charge is -2.26. The number of para-hydroxylation sites is 2. The molecule has 0 aliphatic carbocycles. The van der Waals surface area contributed by atoms with Gasteiger partial charge in [-0.05, 0) is 24.3 Å². The number of morpholine rings is 1. The van der Waals surface area contributed by atoms with Gasteiger partial charge in [0, 0.05) is 18.8 Å². The molecule has 1 saturated heterocycles. The van der Waals surface area contributed by atoms with Crippen molar-refractivity contribution in [1.82, 2.24) is 24.6 Å². The van der Waals surface area contributed by atoms with Crippen molar-refractivity contribution < 1.29 is 9.53 Å². The summed E-state index contributed by atoms with van der Waals surface area (Å²) < 4.78 is 8.53. The van der Waals surface area contributed by atoms with E-state index in [1.165, 1.54) is 23.1 Å². The first-order valence-electron chi connectivity index (χ1n) is 10.3. The Morgan fingerprint density at radius 3 is 2.66 bits per heavy atom. The number of hydrogen-bond acceptors (Lipinski definition) is 8. The quantitative estimate of drug-likeness (QED) is 0.418. The summed E-state index contributed by atoms with van der Waals surface area (Å²) >= 11 is 2.84. The molecule has 5 rings (SSSR count). The number of hydrogen-bond donors (Lipinski definition) is 1. The standard InChI is InChI=1S/C22H22N6O2S2/c29-20(24-21-23-17-8-4-5-9-18(17)32-21)15-31-22-26-25-19(14-27-10-12-30-13-11-27)28(22)16-6-2-1-3-7-16/h1-9H,10-15H2,(H,23,24,29). The van der Waals surface area contributed by atoms with Crippen molar-refractivity contribution in [2.75, 3.05) is 37.4 Å². The van der Waals surface area contributed by atoms with Crippen LogP contribution in [-0.2, 0) is 16.1 Å². The Morgan fingerprint density at radius 2 is 1.84 bits per heavy atom. The average molecular weight is 467 g/mol. The third-order valence-corrected chi connectivity index (χ3v) is 6.94. The van der Waals surface area contributed by atoms with Gasteiger partial charge in [-0.3, -0.25) is 14.3 Å². The minimum Gasteiger partial charge on any atom is -0.379 e. The lowest BCUT2D eigenvalue weighted by Crippen LogP contribution is -2.36. The Morgan fingerprint density at radius 1 is 1.06 bits per heavy atom. The molecule has 1 fully saturated rings. The Hall–Kier alpha value is -2.79. The minimum atomic E-state index is -0.119. The number of rotatable bonds is 7. The fourth-order valence-corrected chi connectivity index (χ4v) is 5.16.